The fourth-order valence-electron chi connectivity index (χ4n) is 4.82. The molecule has 1 atom stereocenters. The normalized spacial score (nSPS) is 24.1. The van der Waals surface area contributed by atoms with Crippen molar-refractivity contribution < 1.29 is 9.47 Å². The van der Waals surface area contributed by atoms with Crippen LogP contribution < -0.4 is 5.32 Å². The van der Waals surface area contributed by atoms with E-state index in [2.05, 4.69) is 55.2 Å². The highest BCUT2D eigenvalue weighted by atomic mass is 16.5. The highest BCUT2D eigenvalue weighted by Crippen LogP contribution is 2.41. The van der Waals surface area contributed by atoms with Gasteiger partial charge in [-0.2, -0.15) is 0 Å². The maximum Gasteiger partial charge on any atom is 0.241 e. The molecular formula is C26H34N6O2. The van der Waals surface area contributed by atoms with Crippen LogP contribution in [0.25, 0.3) is 16.6 Å². The fourth-order valence-corrected chi connectivity index (χ4v) is 4.82. The molecule has 3 aromatic heterocycles. The molecule has 1 unspecified atom stereocenters. The summed E-state index contributed by atoms with van der Waals surface area (Å²) in [5.41, 5.74) is 5.53. The molecular weight excluding hydrogens is 428 g/mol. The second-order valence-corrected chi connectivity index (χ2v) is 10.1. The first-order valence-corrected chi connectivity index (χ1v) is 12.1. The average molecular weight is 463 g/mol. The molecule has 1 aliphatic carbocycles. The van der Waals surface area contributed by atoms with Gasteiger partial charge in [0.05, 0.1) is 31.0 Å². The minimum absolute atomic E-state index is 0.0508. The smallest absolute Gasteiger partial charge is 0.241 e. The van der Waals surface area contributed by atoms with Crippen molar-refractivity contribution in [1.82, 2.24) is 19.6 Å². The van der Waals surface area contributed by atoms with Crippen molar-refractivity contribution >= 4 is 23.0 Å². The van der Waals surface area contributed by atoms with Crippen LogP contribution in [0.1, 0.15) is 46.1 Å². The number of aromatic nitrogens is 4. The van der Waals surface area contributed by atoms with E-state index in [1.807, 2.05) is 23.1 Å². The number of hydrogen-bond donors (Lipinski definition) is 1. The molecule has 1 N–H and O–H groups in total. The Morgan fingerprint density at radius 2 is 2.03 bits per heavy atom. The summed E-state index contributed by atoms with van der Waals surface area (Å²) in [6.07, 6.45) is 8.93. The number of anilines is 1. The molecule has 0 saturated heterocycles. The van der Waals surface area contributed by atoms with Crippen LogP contribution in [0.15, 0.2) is 35.7 Å². The van der Waals surface area contributed by atoms with Crippen LogP contribution in [-0.4, -0.2) is 57.8 Å². The summed E-state index contributed by atoms with van der Waals surface area (Å²) < 4.78 is 12.7. The summed E-state index contributed by atoms with van der Waals surface area (Å²) in [6, 6.07) is 4.65. The highest BCUT2D eigenvalue weighted by molar-refractivity contribution is 5.92. The van der Waals surface area contributed by atoms with Gasteiger partial charge in [-0.05, 0) is 49.8 Å². The third kappa shape index (κ3) is 4.20. The van der Waals surface area contributed by atoms with Crippen molar-refractivity contribution in [2.45, 2.75) is 59.1 Å². The summed E-state index contributed by atoms with van der Waals surface area (Å²) in [7, 11) is 1.69. The summed E-state index contributed by atoms with van der Waals surface area (Å²) in [5.74, 6) is 1.98. The minimum Gasteiger partial charge on any atom is -0.382 e. The maximum atomic E-state index is 5.76. The van der Waals surface area contributed by atoms with Crippen LogP contribution in [0.2, 0.25) is 0 Å². The van der Waals surface area contributed by atoms with Crippen LogP contribution in [-0.2, 0) is 15.9 Å². The molecule has 0 aromatic carbocycles. The lowest BCUT2D eigenvalue weighted by Gasteiger charge is -2.37. The zero-order valence-corrected chi connectivity index (χ0v) is 20.7. The molecule has 3 aromatic rings. The number of pyridine rings is 1. The van der Waals surface area contributed by atoms with Crippen molar-refractivity contribution in [3.8, 4) is 11.1 Å². The number of ether oxygens (including phenoxy) is 2. The first-order valence-electron chi connectivity index (χ1n) is 12.1. The molecule has 180 valence electrons. The molecule has 1 aliphatic heterocycles. The fraction of sp³-hybridized carbons (Fsp3) is 0.538. The van der Waals surface area contributed by atoms with E-state index in [4.69, 9.17) is 19.5 Å². The topological polar surface area (TPSA) is 85.9 Å². The predicted octanol–water partition coefficient (Wildman–Crippen LogP) is 4.71. The third-order valence-corrected chi connectivity index (χ3v) is 7.67. The molecule has 2 aliphatic rings. The molecule has 34 heavy (non-hydrogen) atoms. The Balaban J connectivity index is 1.32. The molecule has 0 bridgehead atoms. The summed E-state index contributed by atoms with van der Waals surface area (Å²) in [6.45, 7) is 10.2. The van der Waals surface area contributed by atoms with Crippen LogP contribution in [0.4, 0.5) is 11.8 Å². The minimum atomic E-state index is 0.0508. The zero-order chi connectivity index (χ0) is 23.9. The van der Waals surface area contributed by atoms with E-state index in [-0.39, 0.29) is 11.5 Å². The van der Waals surface area contributed by atoms with Crippen LogP contribution in [0.5, 0.6) is 0 Å². The Hall–Kier alpha value is -2.84. The molecule has 0 radical (unpaired) electrons. The first kappa shape index (κ1) is 22.9. The van der Waals surface area contributed by atoms with Crippen molar-refractivity contribution in [1.29, 1.82) is 0 Å². The van der Waals surface area contributed by atoms with E-state index in [1.165, 1.54) is 5.56 Å². The largest absolute Gasteiger partial charge is 0.382 e. The number of nitrogens with one attached hydrogen (secondary N) is 1. The van der Waals surface area contributed by atoms with Crippen LogP contribution >= 0.6 is 0 Å². The predicted molar refractivity (Wildman–Crippen MR) is 134 cm³/mol. The molecule has 0 spiro atoms. The van der Waals surface area contributed by atoms with Gasteiger partial charge < -0.3 is 14.8 Å². The second kappa shape index (κ2) is 9.07. The Bertz CT molecular complexity index is 1210. The average Bonchev–Trinajstić information content (AvgIpc) is 3.21. The Kier molecular flexibility index (Phi) is 6.12. The standard InChI is InChI=1S/C26H34N6O2/c1-16(2)26(4)13-18-10-19(14-27-24(18)29-17(26)3)22-6-7-32-23(22)15-28-25(31-32)30-20-11-21(12-20)34-9-8-33-5/h6-7,10,14-16,20-21H,8-9,11-13H2,1-5H3,(H,30,31). The van der Waals surface area contributed by atoms with Crippen LogP contribution in [0, 0.1) is 11.3 Å². The molecule has 1 saturated carbocycles. The third-order valence-electron chi connectivity index (χ3n) is 7.67. The van der Waals surface area contributed by atoms with Gasteiger partial charge in [-0.3, -0.25) is 0 Å². The molecule has 0 amide bonds. The van der Waals surface area contributed by atoms with Crippen molar-refractivity contribution in [2.75, 3.05) is 25.6 Å². The van der Waals surface area contributed by atoms with E-state index >= 15 is 0 Å². The van der Waals surface area contributed by atoms with Gasteiger partial charge in [0.1, 0.15) is 0 Å². The SMILES string of the molecule is COCCOC1CC(Nc2ncc3c(-c4cnc5c(c4)CC(C)(C(C)C)C(C)=N5)ccn3n2)C1. The number of methoxy groups -OCH3 is 1. The van der Waals surface area contributed by atoms with Crippen molar-refractivity contribution in [3.05, 3.63) is 36.3 Å². The number of hydrogen-bond acceptors (Lipinski definition) is 7. The van der Waals surface area contributed by atoms with Gasteiger partial charge in [0.25, 0.3) is 0 Å². The lowest BCUT2D eigenvalue weighted by atomic mass is 9.70. The molecule has 8 nitrogen and oxygen atoms in total. The molecule has 4 heterocycles. The highest BCUT2D eigenvalue weighted by Gasteiger charge is 2.36. The second-order valence-electron chi connectivity index (χ2n) is 10.1. The van der Waals surface area contributed by atoms with E-state index < -0.39 is 0 Å². The maximum absolute atomic E-state index is 5.76. The van der Waals surface area contributed by atoms with E-state index in [0.29, 0.717) is 31.1 Å². The monoisotopic (exact) mass is 462 g/mol. The lowest BCUT2D eigenvalue weighted by molar-refractivity contribution is -0.0261. The van der Waals surface area contributed by atoms with Crippen molar-refractivity contribution in [2.24, 2.45) is 16.3 Å². The van der Waals surface area contributed by atoms with E-state index in [1.54, 1.807) is 7.11 Å². The Morgan fingerprint density at radius 3 is 2.79 bits per heavy atom. The summed E-state index contributed by atoms with van der Waals surface area (Å²) >= 11 is 0. The van der Waals surface area contributed by atoms with E-state index in [9.17, 15) is 0 Å². The lowest BCUT2D eigenvalue weighted by Crippen LogP contribution is -2.41. The first-order chi connectivity index (χ1) is 16.4. The van der Waals surface area contributed by atoms with E-state index in [0.717, 1.165) is 47.4 Å². The number of nitrogens with zero attached hydrogens (tertiary/aromatic N) is 5. The van der Waals surface area contributed by atoms with Gasteiger partial charge in [0, 0.05) is 47.8 Å². The van der Waals surface area contributed by atoms with Gasteiger partial charge >= 0.3 is 0 Å². The summed E-state index contributed by atoms with van der Waals surface area (Å²) in [5, 5.41) is 8.10. The Labute approximate surface area is 200 Å². The van der Waals surface area contributed by atoms with Crippen LogP contribution in [0.3, 0.4) is 0 Å². The zero-order valence-electron chi connectivity index (χ0n) is 20.7. The summed E-state index contributed by atoms with van der Waals surface area (Å²) in [4.78, 5) is 14.1. The quantitative estimate of drug-likeness (QED) is 0.488. The number of fused-ring (bicyclic) bond motifs is 2. The van der Waals surface area contributed by atoms with Gasteiger partial charge in [-0.1, -0.05) is 20.8 Å². The van der Waals surface area contributed by atoms with Gasteiger partial charge in [-0.25, -0.2) is 19.5 Å². The number of rotatable bonds is 8. The van der Waals surface area contributed by atoms with Gasteiger partial charge in [0.2, 0.25) is 5.95 Å². The number of aliphatic imine (C=N–C) groups is 1. The van der Waals surface area contributed by atoms with Crippen molar-refractivity contribution in [3.63, 3.8) is 0 Å². The molecule has 8 heteroatoms. The van der Waals surface area contributed by atoms with Gasteiger partial charge in [0.15, 0.2) is 5.82 Å². The Morgan fingerprint density at radius 1 is 1.21 bits per heavy atom. The van der Waals surface area contributed by atoms with Gasteiger partial charge in [-0.15, -0.1) is 5.10 Å². The molecule has 5 rings (SSSR count). The molecule has 1 fully saturated rings.